The predicted octanol–water partition coefficient (Wildman–Crippen LogP) is 3.55. The van der Waals surface area contributed by atoms with E-state index < -0.39 is 5.97 Å². The highest BCUT2D eigenvalue weighted by molar-refractivity contribution is 9.10. The zero-order chi connectivity index (χ0) is 18.1. The lowest BCUT2D eigenvalue weighted by atomic mass is 10.2. The van der Waals surface area contributed by atoms with Crippen LogP contribution in [-0.4, -0.2) is 25.1 Å². The van der Waals surface area contributed by atoms with E-state index in [1.54, 1.807) is 6.08 Å². The predicted molar refractivity (Wildman–Crippen MR) is 98.8 cm³/mol. The molecule has 0 radical (unpaired) electrons. The minimum Gasteiger partial charge on any atom is -0.490 e. The highest BCUT2D eigenvalue weighted by Gasteiger charge is 2.12. The second-order valence-electron chi connectivity index (χ2n) is 5.09. The Kier molecular flexibility index (Phi) is 7.22. The number of carbonyl (C=O) groups is 2. The third kappa shape index (κ3) is 6.81. The number of esters is 1. The average molecular weight is 404 g/mol. The number of hydrogen-bond acceptors (Lipinski definition) is 4. The van der Waals surface area contributed by atoms with Crippen molar-refractivity contribution in [2.24, 2.45) is 0 Å². The van der Waals surface area contributed by atoms with Gasteiger partial charge < -0.3 is 14.8 Å². The SMILES string of the molecule is CC(=O)N/C(=C/c1ccccc1)C(=O)OCCOc1ccc(Br)cc1. The van der Waals surface area contributed by atoms with Gasteiger partial charge in [-0.2, -0.15) is 0 Å². The largest absolute Gasteiger partial charge is 0.490 e. The molecule has 25 heavy (non-hydrogen) atoms. The standard InChI is InChI=1S/C19H18BrNO4/c1-14(22)21-18(13-15-5-3-2-4-6-15)19(23)25-12-11-24-17-9-7-16(20)8-10-17/h2-10,13H,11-12H2,1H3,(H,21,22)/b18-13+. The summed E-state index contributed by atoms with van der Waals surface area (Å²) in [6.07, 6.45) is 1.57. The van der Waals surface area contributed by atoms with Gasteiger partial charge in [0.25, 0.3) is 0 Å². The topological polar surface area (TPSA) is 64.6 Å². The third-order valence-corrected chi connectivity index (χ3v) is 3.57. The van der Waals surface area contributed by atoms with Gasteiger partial charge in [-0.25, -0.2) is 4.79 Å². The number of carbonyl (C=O) groups excluding carboxylic acids is 2. The van der Waals surface area contributed by atoms with E-state index in [2.05, 4.69) is 21.2 Å². The van der Waals surface area contributed by atoms with Crippen molar-refractivity contribution in [2.45, 2.75) is 6.92 Å². The second kappa shape index (κ2) is 9.64. The number of benzene rings is 2. The molecule has 0 atom stereocenters. The highest BCUT2D eigenvalue weighted by Crippen LogP contribution is 2.16. The van der Waals surface area contributed by atoms with Crippen LogP contribution in [0, 0.1) is 0 Å². The Hall–Kier alpha value is -2.60. The molecule has 0 bridgehead atoms. The summed E-state index contributed by atoms with van der Waals surface area (Å²) in [4.78, 5) is 23.5. The molecule has 0 saturated carbocycles. The van der Waals surface area contributed by atoms with Crippen LogP contribution >= 0.6 is 15.9 Å². The van der Waals surface area contributed by atoms with Crippen molar-refractivity contribution < 1.29 is 19.1 Å². The van der Waals surface area contributed by atoms with Gasteiger partial charge in [0.2, 0.25) is 5.91 Å². The fourth-order valence-corrected chi connectivity index (χ4v) is 2.22. The van der Waals surface area contributed by atoms with Crippen molar-refractivity contribution in [3.8, 4) is 5.75 Å². The minimum atomic E-state index is -0.613. The van der Waals surface area contributed by atoms with E-state index in [-0.39, 0.29) is 24.8 Å². The van der Waals surface area contributed by atoms with E-state index in [9.17, 15) is 9.59 Å². The normalized spacial score (nSPS) is 10.9. The highest BCUT2D eigenvalue weighted by atomic mass is 79.9. The van der Waals surface area contributed by atoms with Crippen LogP contribution in [0.5, 0.6) is 5.75 Å². The minimum absolute atomic E-state index is 0.0701. The summed E-state index contributed by atoms with van der Waals surface area (Å²) in [7, 11) is 0. The van der Waals surface area contributed by atoms with Gasteiger partial charge in [0.15, 0.2) is 0 Å². The molecular formula is C19H18BrNO4. The maximum Gasteiger partial charge on any atom is 0.354 e. The van der Waals surface area contributed by atoms with Gasteiger partial charge in [0.05, 0.1) is 0 Å². The molecule has 0 saturated heterocycles. The molecule has 6 heteroatoms. The smallest absolute Gasteiger partial charge is 0.354 e. The lowest BCUT2D eigenvalue weighted by Crippen LogP contribution is -2.27. The lowest BCUT2D eigenvalue weighted by molar-refractivity contribution is -0.141. The Morgan fingerprint density at radius 2 is 1.72 bits per heavy atom. The summed E-state index contributed by atoms with van der Waals surface area (Å²) >= 11 is 3.34. The molecule has 2 aromatic carbocycles. The first-order valence-corrected chi connectivity index (χ1v) is 8.44. The molecule has 130 valence electrons. The second-order valence-corrected chi connectivity index (χ2v) is 6.00. The number of hydrogen-bond donors (Lipinski definition) is 1. The summed E-state index contributed by atoms with van der Waals surface area (Å²) in [5.74, 6) is -0.273. The number of rotatable bonds is 7. The average Bonchev–Trinajstić information content (AvgIpc) is 2.60. The van der Waals surface area contributed by atoms with Gasteiger partial charge in [-0.1, -0.05) is 46.3 Å². The molecule has 0 aliphatic heterocycles. The van der Waals surface area contributed by atoms with E-state index in [1.165, 1.54) is 6.92 Å². The Morgan fingerprint density at radius 3 is 2.36 bits per heavy atom. The van der Waals surface area contributed by atoms with Crippen molar-refractivity contribution in [3.63, 3.8) is 0 Å². The van der Waals surface area contributed by atoms with Crippen molar-refractivity contribution >= 4 is 33.9 Å². The van der Waals surface area contributed by atoms with Gasteiger partial charge in [-0.05, 0) is 35.9 Å². The molecule has 0 heterocycles. The molecule has 0 fully saturated rings. The van der Waals surface area contributed by atoms with E-state index in [0.29, 0.717) is 5.75 Å². The van der Waals surface area contributed by atoms with Crippen molar-refractivity contribution in [1.29, 1.82) is 0 Å². The van der Waals surface area contributed by atoms with Gasteiger partial charge in [0, 0.05) is 11.4 Å². The van der Waals surface area contributed by atoms with Gasteiger partial charge in [-0.15, -0.1) is 0 Å². The summed E-state index contributed by atoms with van der Waals surface area (Å²) < 4.78 is 11.6. The van der Waals surface area contributed by atoms with E-state index in [4.69, 9.17) is 9.47 Å². The molecule has 2 rings (SSSR count). The first-order valence-electron chi connectivity index (χ1n) is 7.64. The fourth-order valence-electron chi connectivity index (χ4n) is 1.95. The zero-order valence-corrected chi connectivity index (χ0v) is 15.3. The maximum absolute atomic E-state index is 12.2. The molecule has 0 aliphatic carbocycles. The number of nitrogens with one attached hydrogen (secondary N) is 1. The molecule has 0 spiro atoms. The molecule has 0 aliphatic rings. The lowest BCUT2D eigenvalue weighted by Gasteiger charge is -2.10. The van der Waals surface area contributed by atoms with E-state index in [1.807, 2.05) is 54.6 Å². The summed E-state index contributed by atoms with van der Waals surface area (Å²) in [6.45, 7) is 1.62. The molecule has 1 amide bonds. The van der Waals surface area contributed by atoms with Crippen LogP contribution < -0.4 is 10.1 Å². The van der Waals surface area contributed by atoms with Gasteiger partial charge >= 0.3 is 5.97 Å². The van der Waals surface area contributed by atoms with Gasteiger partial charge in [-0.3, -0.25) is 4.79 Å². The maximum atomic E-state index is 12.2. The van der Waals surface area contributed by atoms with Crippen molar-refractivity contribution in [1.82, 2.24) is 5.32 Å². The molecule has 0 unspecified atom stereocenters. The Bertz CT molecular complexity index is 742. The third-order valence-electron chi connectivity index (χ3n) is 3.04. The van der Waals surface area contributed by atoms with Crippen LogP contribution in [0.4, 0.5) is 0 Å². The van der Waals surface area contributed by atoms with Crippen molar-refractivity contribution in [3.05, 3.63) is 70.3 Å². The van der Waals surface area contributed by atoms with Crippen LogP contribution in [-0.2, 0) is 14.3 Å². The van der Waals surface area contributed by atoms with E-state index in [0.717, 1.165) is 10.0 Å². The van der Waals surface area contributed by atoms with Crippen LogP contribution in [0.25, 0.3) is 6.08 Å². The molecule has 0 aromatic heterocycles. The monoisotopic (exact) mass is 403 g/mol. The first kappa shape index (κ1) is 18.7. The zero-order valence-electron chi connectivity index (χ0n) is 13.7. The summed E-state index contributed by atoms with van der Waals surface area (Å²) in [5.41, 5.74) is 0.872. The van der Waals surface area contributed by atoms with Crippen LogP contribution in [0.2, 0.25) is 0 Å². The van der Waals surface area contributed by atoms with Gasteiger partial charge in [0.1, 0.15) is 24.7 Å². The fraction of sp³-hybridized carbons (Fsp3) is 0.158. The van der Waals surface area contributed by atoms with Crippen molar-refractivity contribution in [2.75, 3.05) is 13.2 Å². The first-order chi connectivity index (χ1) is 12.0. The van der Waals surface area contributed by atoms with Crippen LogP contribution in [0.1, 0.15) is 12.5 Å². The van der Waals surface area contributed by atoms with Crippen LogP contribution in [0.15, 0.2) is 64.8 Å². The van der Waals surface area contributed by atoms with Crippen LogP contribution in [0.3, 0.4) is 0 Å². The quantitative estimate of drug-likeness (QED) is 0.436. The molecule has 1 N–H and O–H groups in total. The molecule has 5 nitrogen and oxygen atoms in total. The summed E-state index contributed by atoms with van der Waals surface area (Å²) in [6, 6.07) is 16.5. The number of halogens is 1. The number of ether oxygens (including phenoxy) is 2. The Labute approximate surface area is 154 Å². The Morgan fingerprint density at radius 1 is 1.04 bits per heavy atom. The Balaban J connectivity index is 1.89. The molecule has 2 aromatic rings. The summed E-state index contributed by atoms with van der Waals surface area (Å²) in [5, 5.41) is 2.49. The molecular weight excluding hydrogens is 386 g/mol. The van der Waals surface area contributed by atoms with E-state index >= 15 is 0 Å². The number of amides is 1.